The second-order valence-electron chi connectivity index (χ2n) is 6.03. The summed E-state index contributed by atoms with van der Waals surface area (Å²) in [5.41, 5.74) is 2.91. The number of carbonyl (C=O) groups excluding carboxylic acids is 2. The molecule has 2 aromatic carbocycles. The van der Waals surface area contributed by atoms with E-state index in [2.05, 4.69) is 26.9 Å². The second kappa shape index (κ2) is 9.31. The molecule has 0 aliphatic heterocycles. The van der Waals surface area contributed by atoms with Gasteiger partial charge < -0.3 is 15.2 Å². The highest BCUT2D eigenvalue weighted by atomic mass is 16.5. The molecule has 6 heteroatoms. The summed E-state index contributed by atoms with van der Waals surface area (Å²) in [4.78, 5) is 27.9. The van der Waals surface area contributed by atoms with Crippen molar-refractivity contribution in [1.29, 1.82) is 0 Å². The van der Waals surface area contributed by atoms with E-state index in [-0.39, 0.29) is 18.2 Å². The molecule has 2 N–H and O–H groups in total. The fourth-order valence-electron chi connectivity index (χ4n) is 2.52. The Morgan fingerprint density at radius 2 is 1.69 bits per heavy atom. The summed E-state index contributed by atoms with van der Waals surface area (Å²) in [5.74, 6) is 5.15. The number of hydrogen-bond acceptors (Lipinski definition) is 5. The zero-order valence-corrected chi connectivity index (χ0v) is 15.7. The fraction of sp³-hybridized carbons (Fsp3) is 0.0870. The van der Waals surface area contributed by atoms with Crippen LogP contribution < -0.4 is 5.32 Å². The van der Waals surface area contributed by atoms with E-state index in [0.717, 1.165) is 5.56 Å². The first-order valence-corrected chi connectivity index (χ1v) is 8.77. The van der Waals surface area contributed by atoms with Crippen LogP contribution in [-0.2, 0) is 11.3 Å². The van der Waals surface area contributed by atoms with E-state index < -0.39 is 5.97 Å². The number of methoxy groups -OCH3 is 1. The van der Waals surface area contributed by atoms with Crippen LogP contribution in [0.15, 0.2) is 66.7 Å². The quantitative estimate of drug-likeness (QED) is 0.532. The maximum atomic E-state index is 12.2. The highest BCUT2D eigenvalue weighted by Gasteiger charge is 2.10. The van der Waals surface area contributed by atoms with Gasteiger partial charge in [0.1, 0.15) is 5.69 Å². The summed E-state index contributed by atoms with van der Waals surface area (Å²) < 4.78 is 4.66. The van der Waals surface area contributed by atoms with Crippen LogP contribution in [-0.4, -0.2) is 29.1 Å². The number of amides is 1. The van der Waals surface area contributed by atoms with Crippen molar-refractivity contribution in [2.75, 3.05) is 12.4 Å². The number of aliphatic hydroxyl groups is 1. The topological polar surface area (TPSA) is 88.5 Å². The summed E-state index contributed by atoms with van der Waals surface area (Å²) >= 11 is 0. The van der Waals surface area contributed by atoms with Crippen LogP contribution in [0.4, 0.5) is 5.69 Å². The van der Waals surface area contributed by atoms with Gasteiger partial charge in [-0.15, -0.1) is 0 Å². The number of rotatable bonds is 4. The van der Waals surface area contributed by atoms with E-state index in [4.69, 9.17) is 0 Å². The van der Waals surface area contributed by atoms with E-state index in [0.29, 0.717) is 22.5 Å². The van der Waals surface area contributed by atoms with Crippen molar-refractivity contribution < 1.29 is 19.4 Å². The highest BCUT2D eigenvalue weighted by Crippen LogP contribution is 2.12. The number of aromatic nitrogens is 1. The molecule has 0 fully saturated rings. The van der Waals surface area contributed by atoms with Crippen LogP contribution in [0.1, 0.15) is 37.7 Å². The molecule has 0 aliphatic rings. The molecule has 0 bridgehead atoms. The van der Waals surface area contributed by atoms with Gasteiger partial charge in [0, 0.05) is 22.4 Å². The number of ether oxygens (including phenoxy) is 1. The average Bonchev–Trinajstić information content (AvgIpc) is 2.78. The number of pyridine rings is 1. The van der Waals surface area contributed by atoms with E-state index in [1.807, 2.05) is 6.07 Å². The molecule has 6 nitrogen and oxygen atoms in total. The molecular formula is C23H18N2O4. The van der Waals surface area contributed by atoms with Gasteiger partial charge in [-0.1, -0.05) is 30.0 Å². The van der Waals surface area contributed by atoms with E-state index in [9.17, 15) is 14.7 Å². The number of anilines is 1. The number of esters is 1. The predicted octanol–water partition coefficient (Wildman–Crippen LogP) is 3.01. The minimum Gasteiger partial charge on any atom is -0.464 e. The molecule has 1 amide bonds. The lowest BCUT2D eigenvalue weighted by Gasteiger charge is -2.05. The molecule has 1 heterocycles. The lowest BCUT2D eigenvalue weighted by Crippen LogP contribution is -2.11. The van der Waals surface area contributed by atoms with Crippen molar-refractivity contribution in [1.82, 2.24) is 4.98 Å². The average molecular weight is 386 g/mol. The van der Waals surface area contributed by atoms with Crippen LogP contribution in [0, 0.1) is 11.8 Å². The standard InChI is InChI=1S/C23H18N2O4/c1-29-23(28)21-14-17(13-20(15-26)24-21)8-7-16-9-11-19(12-10-16)25-22(27)18-5-3-2-4-6-18/h2-6,9-14,26H,15H2,1H3,(H,25,27). The third kappa shape index (κ3) is 5.28. The van der Waals surface area contributed by atoms with E-state index >= 15 is 0 Å². The van der Waals surface area contributed by atoms with Gasteiger partial charge in [0.2, 0.25) is 0 Å². The second-order valence-corrected chi connectivity index (χ2v) is 6.03. The van der Waals surface area contributed by atoms with Crippen molar-refractivity contribution in [3.63, 3.8) is 0 Å². The zero-order valence-electron chi connectivity index (χ0n) is 15.7. The van der Waals surface area contributed by atoms with Crippen LogP contribution in [0.2, 0.25) is 0 Å². The smallest absolute Gasteiger partial charge is 0.356 e. The van der Waals surface area contributed by atoms with Gasteiger partial charge in [-0.3, -0.25) is 4.79 Å². The number of nitrogens with one attached hydrogen (secondary N) is 1. The SMILES string of the molecule is COC(=O)c1cc(C#Cc2ccc(NC(=O)c3ccccc3)cc2)cc(CO)n1. The van der Waals surface area contributed by atoms with Crippen LogP contribution >= 0.6 is 0 Å². The fourth-order valence-corrected chi connectivity index (χ4v) is 2.52. The van der Waals surface area contributed by atoms with Crippen molar-refractivity contribution >= 4 is 17.6 Å². The normalized spacial score (nSPS) is 9.86. The van der Waals surface area contributed by atoms with Gasteiger partial charge in [-0.25, -0.2) is 9.78 Å². The van der Waals surface area contributed by atoms with Gasteiger partial charge in [0.15, 0.2) is 0 Å². The van der Waals surface area contributed by atoms with Crippen LogP contribution in [0.5, 0.6) is 0 Å². The van der Waals surface area contributed by atoms with Crippen molar-refractivity contribution in [3.05, 3.63) is 94.8 Å². The molecule has 0 radical (unpaired) electrons. The molecule has 0 atom stereocenters. The zero-order chi connectivity index (χ0) is 20.6. The van der Waals surface area contributed by atoms with Crippen LogP contribution in [0.3, 0.4) is 0 Å². The maximum Gasteiger partial charge on any atom is 0.356 e. The lowest BCUT2D eigenvalue weighted by atomic mass is 10.1. The first kappa shape index (κ1) is 19.8. The molecule has 29 heavy (non-hydrogen) atoms. The first-order valence-electron chi connectivity index (χ1n) is 8.77. The molecule has 0 spiro atoms. The molecule has 3 aromatic rings. The third-order valence-electron chi connectivity index (χ3n) is 3.96. The number of benzene rings is 2. The molecule has 144 valence electrons. The molecule has 0 aliphatic carbocycles. The Bertz CT molecular complexity index is 1080. The Hall–Kier alpha value is -3.95. The highest BCUT2D eigenvalue weighted by molar-refractivity contribution is 6.04. The van der Waals surface area contributed by atoms with Crippen molar-refractivity contribution in [2.24, 2.45) is 0 Å². The summed E-state index contributed by atoms with van der Waals surface area (Å²) in [7, 11) is 1.26. The Kier molecular flexibility index (Phi) is 6.36. The summed E-state index contributed by atoms with van der Waals surface area (Å²) in [6, 6.07) is 19.1. The summed E-state index contributed by atoms with van der Waals surface area (Å²) in [5, 5.41) is 12.1. The predicted molar refractivity (Wildman–Crippen MR) is 108 cm³/mol. The van der Waals surface area contributed by atoms with Crippen molar-refractivity contribution in [2.45, 2.75) is 6.61 Å². The maximum absolute atomic E-state index is 12.2. The summed E-state index contributed by atoms with van der Waals surface area (Å²) in [6.45, 7) is -0.310. The molecular weight excluding hydrogens is 368 g/mol. The van der Waals surface area contributed by atoms with Gasteiger partial charge in [0.25, 0.3) is 5.91 Å². The van der Waals surface area contributed by atoms with Gasteiger partial charge >= 0.3 is 5.97 Å². The number of carbonyl (C=O) groups is 2. The Labute approximate surface area is 168 Å². The molecule has 1 aromatic heterocycles. The largest absolute Gasteiger partial charge is 0.464 e. The molecule has 0 unspecified atom stereocenters. The Morgan fingerprint density at radius 1 is 1.00 bits per heavy atom. The molecule has 0 saturated heterocycles. The van der Waals surface area contributed by atoms with E-state index in [1.54, 1.807) is 54.6 Å². The monoisotopic (exact) mass is 386 g/mol. The van der Waals surface area contributed by atoms with E-state index in [1.165, 1.54) is 13.2 Å². The van der Waals surface area contributed by atoms with Crippen molar-refractivity contribution in [3.8, 4) is 11.8 Å². The Morgan fingerprint density at radius 3 is 2.34 bits per heavy atom. The lowest BCUT2D eigenvalue weighted by molar-refractivity contribution is 0.0593. The number of aliphatic hydroxyl groups excluding tert-OH is 1. The first-order chi connectivity index (χ1) is 14.1. The third-order valence-corrected chi connectivity index (χ3v) is 3.96. The van der Waals surface area contributed by atoms with Gasteiger partial charge in [-0.2, -0.15) is 0 Å². The minimum absolute atomic E-state index is 0.0855. The molecule has 3 rings (SSSR count). The van der Waals surface area contributed by atoms with Gasteiger partial charge in [-0.05, 0) is 48.5 Å². The van der Waals surface area contributed by atoms with Crippen LogP contribution in [0.25, 0.3) is 0 Å². The molecule has 0 saturated carbocycles. The minimum atomic E-state index is -0.595. The number of nitrogens with zero attached hydrogens (tertiary/aromatic N) is 1. The van der Waals surface area contributed by atoms with Gasteiger partial charge in [0.05, 0.1) is 19.4 Å². The number of hydrogen-bond donors (Lipinski definition) is 2. The Balaban J connectivity index is 1.75. The summed E-state index contributed by atoms with van der Waals surface area (Å²) in [6.07, 6.45) is 0.